The lowest BCUT2D eigenvalue weighted by molar-refractivity contribution is -0.131. The lowest BCUT2D eigenvalue weighted by Crippen LogP contribution is -2.51. The molecule has 6 aromatic rings. The average molecular weight is 928 g/mol. The van der Waals surface area contributed by atoms with Crippen LogP contribution in [0.3, 0.4) is 0 Å². The van der Waals surface area contributed by atoms with E-state index in [1.54, 1.807) is 56.8 Å². The largest absolute Gasteiger partial charge is 0.478 e. The lowest BCUT2D eigenvalue weighted by atomic mass is 9.81. The molecule has 12 rings (SSSR count). The van der Waals surface area contributed by atoms with Crippen molar-refractivity contribution >= 4 is 57.5 Å². The first kappa shape index (κ1) is 42.6. The summed E-state index contributed by atoms with van der Waals surface area (Å²) in [6.07, 6.45) is 7.96. The number of piperazine rings is 1. The fraction of sp³-hybridized carbons (Fsp3) is 0.339. The van der Waals surface area contributed by atoms with E-state index in [0.29, 0.717) is 53.6 Å². The van der Waals surface area contributed by atoms with Gasteiger partial charge in [0.25, 0.3) is 11.8 Å². The molecular formula is C56H53ClN5O6+. The molecule has 12 heteroatoms. The number of aryl methyl sites for hydroxylation is 3. The van der Waals surface area contributed by atoms with Gasteiger partial charge in [-0.05, 0) is 136 Å². The predicted octanol–water partition coefficient (Wildman–Crippen LogP) is 7.26. The van der Waals surface area contributed by atoms with E-state index in [-0.39, 0.29) is 29.7 Å². The number of ether oxygens (including phenoxy) is 1. The minimum absolute atomic E-state index is 0.0743. The maximum absolute atomic E-state index is 14.7. The molecule has 344 valence electrons. The summed E-state index contributed by atoms with van der Waals surface area (Å²) in [7, 11) is 0. The normalized spacial score (nSPS) is 17.0. The Balaban J connectivity index is 0.881. The van der Waals surface area contributed by atoms with Crippen molar-refractivity contribution in [3.05, 3.63) is 155 Å². The van der Waals surface area contributed by atoms with Gasteiger partial charge in [0, 0.05) is 113 Å². The van der Waals surface area contributed by atoms with Gasteiger partial charge in [-0.25, -0.2) is 9.37 Å². The van der Waals surface area contributed by atoms with Crippen LogP contribution in [-0.4, -0.2) is 95.5 Å². The third-order valence-electron chi connectivity index (χ3n) is 15.5. The molecule has 5 aromatic carbocycles. The number of carboxylic acid groups (broad SMARTS) is 1. The summed E-state index contributed by atoms with van der Waals surface area (Å²) >= 11 is 6.14. The van der Waals surface area contributed by atoms with Gasteiger partial charge >= 0.3 is 5.97 Å². The van der Waals surface area contributed by atoms with Crippen LogP contribution in [0.2, 0.25) is 5.02 Å². The van der Waals surface area contributed by atoms with Gasteiger partial charge in [-0.2, -0.15) is 0 Å². The number of nitrogens with zero attached hydrogens (tertiary/aromatic N) is 5. The molecule has 0 aliphatic carbocycles. The molecule has 7 heterocycles. The number of amides is 2. The molecule has 1 fully saturated rings. The van der Waals surface area contributed by atoms with Crippen molar-refractivity contribution in [3.8, 4) is 11.5 Å². The zero-order valence-corrected chi connectivity index (χ0v) is 39.3. The summed E-state index contributed by atoms with van der Waals surface area (Å²) in [5.74, 6) is 0.146. The first-order valence-electron chi connectivity index (χ1n) is 24.3. The first-order chi connectivity index (χ1) is 33.0. The fourth-order valence-electron chi connectivity index (χ4n) is 12.3. The molecule has 1 aromatic heterocycles. The highest BCUT2D eigenvalue weighted by Gasteiger charge is 2.37. The van der Waals surface area contributed by atoms with Gasteiger partial charge in [0.1, 0.15) is 24.6 Å². The zero-order chi connectivity index (χ0) is 46.5. The van der Waals surface area contributed by atoms with Crippen LogP contribution in [0.1, 0.15) is 107 Å². The average Bonchev–Trinajstić information content (AvgIpc) is 3.62. The van der Waals surface area contributed by atoms with Crippen molar-refractivity contribution in [2.45, 2.75) is 71.6 Å². The number of benzene rings is 5. The van der Waals surface area contributed by atoms with E-state index in [1.807, 2.05) is 32.0 Å². The standard InChI is InChI=1S/C56H52ClN5O6/c1-32-11-18-47-43(27-32)42(33(2)62(47)55(65)34-12-15-38(57)16-13-34)31-48(63)58-23-25-61(26-24-58)54(64)37-14-17-39(56(66)67)44(30-37)49-45-28-35-7-3-19-59-21-5-9-40(50(35)59)52(45)68-53-41-10-6-22-60-20-4-8-36(51(41)60)29-46(49)53/h11-18,27-30H,3-10,19-26,31H2,1-2H3/p+1. The Morgan fingerprint density at radius 1 is 0.691 bits per heavy atom. The molecule has 0 bridgehead atoms. The molecule has 6 aliphatic rings. The molecule has 0 atom stereocenters. The third-order valence-corrected chi connectivity index (χ3v) is 15.7. The number of carbonyl (C=O) groups is 4. The highest BCUT2D eigenvalue weighted by atomic mass is 35.5. The molecule has 1 N–H and O–H groups in total. The Labute approximate surface area is 399 Å². The minimum atomic E-state index is -1.05. The van der Waals surface area contributed by atoms with Crippen LogP contribution in [0.15, 0.2) is 72.8 Å². The molecule has 0 saturated carbocycles. The molecular weight excluding hydrogens is 874 g/mol. The monoisotopic (exact) mass is 926 g/mol. The highest BCUT2D eigenvalue weighted by molar-refractivity contribution is 6.30. The van der Waals surface area contributed by atoms with Gasteiger partial charge in [0.2, 0.25) is 11.3 Å². The molecule has 0 radical (unpaired) electrons. The number of anilines is 1. The van der Waals surface area contributed by atoms with Crippen LogP contribution in [0.4, 0.5) is 5.69 Å². The van der Waals surface area contributed by atoms with Gasteiger partial charge in [0.15, 0.2) is 0 Å². The number of carbonyl (C=O) groups excluding carboxylic acids is 3. The van der Waals surface area contributed by atoms with E-state index in [1.165, 1.54) is 33.3 Å². The van der Waals surface area contributed by atoms with Crippen LogP contribution in [0.5, 0.6) is 11.5 Å². The smallest absolute Gasteiger partial charge is 0.336 e. The maximum Gasteiger partial charge on any atom is 0.336 e. The Morgan fingerprint density at radius 2 is 1.40 bits per heavy atom. The van der Waals surface area contributed by atoms with Crippen molar-refractivity contribution in [1.82, 2.24) is 18.9 Å². The second-order valence-corrected chi connectivity index (χ2v) is 19.9. The van der Waals surface area contributed by atoms with E-state index in [4.69, 9.17) is 16.3 Å². The van der Waals surface area contributed by atoms with Crippen molar-refractivity contribution < 1.29 is 29.0 Å². The SMILES string of the molecule is Cc1ccc2c(c1)c(CC(=O)N1CCN(C(=O)c3ccc(C(=O)O)c(C4=c5cc6c7c(c5Oc5c4cc4c8c5CCCN8CCC4)CCC[N+]=7CCC6)c3)CC1)c(C)n2C(=O)c1ccc(Cl)cc1. The molecule has 2 amide bonds. The number of aromatic nitrogens is 1. The fourth-order valence-corrected chi connectivity index (χ4v) is 12.4. The molecule has 0 spiro atoms. The Bertz CT molecular complexity index is 3340. The van der Waals surface area contributed by atoms with Crippen LogP contribution >= 0.6 is 11.6 Å². The van der Waals surface area contributed by atoms with Crippen LogP contribution in [0.25, 0.3) is 16.5 Å². The summed E-state index contributed by atoms with van der Waals surface area (Å²) in [6, 6.07) is 22.3. The topological polar surface area (TPSA) is 115 Å². The summed E-state index contributed by atoms with van der Waals surface area (Å²) < 4.78 is 11.4. The van der Waals surface area contributed by atoms with E-state index in [0.717, 1.165) is 127 Å². The number of hydrogen-bond acceptors (Lipinski definition) is 6. The second kappa shape index (κ2) is 16.5. The van der Waals surface area contributed by atoms with Gasteiger partial charge < -0.3 is 24.5 Å². The number of halogens is 1. The van der Waals surface area contributed by atoms with Gasteiger partial charge in [-0.3, -0.25) is 19.0 Å². The van der Waals surface area contributed by atoms with E-state index < -0.39 is 5.97 Å². The van der Waals surface area contributed by atoms with Crippen molar-refractivity contribution in [2.75, 3.05) is 57.3 Å². The van der Waals surface area contributed by atoms with Crippen molar-refractivity contribution in [3.63, 3.8) is 0 Å². The Hall–Kier alpha value is -6.72. The number of carboxylic acids is 1. The zero-order valence-electron chi connectivity index (χ0n) is 38.6. The minimum Gasteiger partial charge on any atom is -0.478 e. The number of rotatable bonds is 6. The van der Waals surface area contributed by atoms with Crippen LogP contribution < -0.4 is 24.8 Å². The number of hydrogen-bond donors (Lipinski definition) is 1. The molecule has 0 unspecified atom stereocenters. The second-order valence-electron chi connectivity index (χ2n) is 19.5. The molecule has 1 saturated heterocycles. The molecule has 6 aliphatic heterocycles. The molecule has 68 heavy (non-hydrogen) atoms. The van der Waals surface area contributed by atoms with Gasteiger partial charge in [0.05, 0.1) is 23.1 Å². The summed E-state index contributed by atoms with van der Waals surface area (Å²) in [5, 5.41) is 14.5. The highest BCUT2D eigenvalue weighted by Crippen LogP contribution is 2.49. The number of aromatic carboxylic acids is 1. The van der Waals surface area contributed by atoms with Crippen LogP contribution in [0, 0.1) is 13.8 Å². The lowest BCUT2D eigenvalue weighted by Gasteiger charge is -2.39. The predicted molar refractivity (Wildman–Crippen MR) is 262 cm³/mol. The van der Waals surface area contributed by atoms with Crippen molar-refractivity contribution in [1.29, 1.82) is 0 Å². The van der Waals surface area contributed by atoms with Gasteiger partial charge in [-0.15, -0.1) is 0 Å². The van der Waals surface area contributed by atoms with E-state index in [2.05, 4.69) is 21.6 Å². The Kier molecular flexibility index (Phi) is 10.3. The van der Waals surface area contributed by atoms with Crippen LogP contribution in [-0.2, 0) is 36.9 Å². The summed E-state index contributed by atoms with van der Waals surface area (Å²) in [6.45, 7) is 9.31. The third kappa shape index (κ3) is 6.86. The summed E-state index contributed by atoms with van der Waals surface area (Å²) in [4.78, 5) is 62.1. The quantitative estimate of drug-likeness (QED) is 0.175. The first-order valence-corrected chi connectivity index (χ1v) is 24.7. The van der Waals surface area contributed by atoms with E-state index in [9.17, 15) is 24.3 Å². The maximum atomic E-state index is 14.7. The Morgan fingerprint density at radius 3 is 2.18 bits per heavy atom. The number of fused-ring (bicyclic) bond motifs is 5. The van der Waals surface area contributed by atoms with E-state index >= 15 is 0 Å². The summed E-state index contributed by atoms with van der Waals surface area (Å²) in [5.41, 5.74) is 12.9. The molecule has 11 nitrogen and oxygen atoms in total. The van der Waals surface area contributed by atoms with Crippen molar-refractivity contribution in [2.24, 2.45) is 0 Å². The van der Waals surface area contributed by atoms with Gasteiger partial charge in [-0.1, -0.05) is 23.2 Å².